The van der Waals surface area contributed by atoms with Crippen molar-refractivity contribution in [1.29, 1.82) is 0 Å². The predicted molar refractivity (Wildman–Crippen MR) is 109 cm³/mol. The quantitative estimate of drug-likeness (QED) is 0.441. The first-order valence-corrected chi connectivity index (χ1v) is 9.30. The summed E-state index contributed by atoms with van der Waals surface area (Å²) < 4.78 is 2.43. The largest absolute Gasteiger partial charge is 0.279 e. The van der Waals surface area contributed by atoms with Crippen molar-refractivity contribution in [3.05, 3.63) is 104 Å². The van der Waals surface area contributed by atoms with Crippen LogP contribution >= 0.6 is 27.5 Å². The Balaban J connectivity index is 1.91. The topological polar surface area (TPSA) is 34.9 Å². The zero-order valence-corrected chi connectivity index (χ0v) is 16.0. The summed E-state index contributed by atoms with van der Waals surface area (Å²) in [5, 5.41) is 6.91. The Morgan fingerprint density at radius 1 is 0.885 bits per heavy atom. The molecule has 0 amide bonds. The van der Waals surface area contributed by atoms with E-state index in [1.807, 2.05) is 72.8 Å². The molecule has 4 aromatic rings. The predicted octanol–water partition coefficient (Wildman–Crippen LogP) is 5.39. The Kier molecular flexibility index (Phi) is 4.62. The van der Waals surface area contributed by atoms with Gasteiger partial charge in [-0.05, 0) is 48.0 Å². The van der Waals surface area contributed by atoms with Gasteiger partial charge in [0.15, 0.2) is 0 Å². The number of hydrogen-bond acceptors (Lipinski definition) is 2. The van der Waals surface area contributed by atoms with E-state index < -0.39 is 0 Å². The lowest BCUT2D eigenvalue weighted by molar-refractivity contribution is 0.787. The van der Waals surface area contributed by atoms with Gasteiger partial charge in [-0.3, -0.25) is 4.79 Å². The summed E-state index contributed by atoms with van der Waals surface area (Å²) in [6, 6.07) is 22.8. The average molecular weight is 426 g/mol. The molecule has 0 unspecified atom stereocenters. The van der Waals surface area contributed by atoms with E-state index in [1.54, 1.807) is 0 Å². The summed E-state index contributed by atoms with van der Waals surface area (Å²) >= 11 is 9.41. The van der Waals surface area contributed by atoms with E-state index in [1.165, 1.54) is 4.68 Å². The molecule has 1 aromatic heterocycles. The Bertz CT molecular complexity index is 1140. The van der Waals surface area contributed by atoms with E-state index in [0.717, 1.165) is 26.8 Å². The molecule has 128 valence electrons. The molecule has 0 aliphatic heterocycles. The van der Waals surface area contributed by atoms with E-state index in [4.69, 9.17) is 11.6 Å². The molecule has 4 rings (SSSR count). The number of rotatable bonds is 3. The van der Waals surface area contributed by atoms with Crippen LogP contribution in [-0.2, 0) is 6.42 Å². The summed E-state index contributed by atoms with van der Waals surface area (Å²) in [6.07, 6.45) is 0.620. The van der Waals surface area contributed by atoms with Gasteiger partial charge in [0, 0.05) is 21.3 Å². The van der Waals surface area contributed by atoms with Crippen LogP contribution in [0.3, 0.4) is 0 Å². The summed E-state index contributed by atoms with van der Waals surface area (Å²) in [4.78, 5) is 12.9. The Morgan fingerprint density at radius 3 is 2.23 bits per heavy atom. The molecule has 0 aliphatic carbocycles. The minimum atomic E-state index is -0.122. The zero-order chi connectivity index (χ0) is 18.1. The van der Waals surface area contributed by atoms with Gasteiger partial charge in [-0.15, -0.1) is 0 Å². The maximum absolute atomic E-state index is 12.9. The average Bonchev–Trinajstić information content (AvgIpc) is 2.67. The molecule has 3 aromatic carbocycles. The lowest BCUT2D eigenvalue weighted by Crippen LogP contribution is -2.23. The molecule has 1 heterocycles. The van der Waals surface area contributed by atoms with Crippen molar-refractivity contribution in [2.45, 2.75) is 6.42 Å². The number of halogens is 2. The van der Waals surface area contributed by atoms with Crippen molar-refractivity contribution in [3.63, 3.8) is 0 Å². The molecule has 0 radical (unpaired) electrons. The van der Waals surface area contributed by atoms with Crippen molar-refractivity contribution in [3.8, 4) is 5.69 Å². The van der Waals surface area contributed by atoms with Gasteiger partial charge in [-0.1, -0.05) is 57.9 Å². The highest BCUT2D eigenvalue weighted by Gasteiger charge is 2.12. The Labute approximate surface area is 164 Å². The summed E-state index contributed by atoms with van der Waals surface area (Å²) in [5.41, 5.74) is 2.56. The number of hydrogen-bond donors (Lipinski definition) is 0. The van der Waals surface area contributed by atoms with Crippen LogP contribution in [0, 0.1) is 0 Å². The number of fused-ring (bicyclic) bond motifs is 1. The van der Waals surface area contributed by atoms with E-state index >= 15 is 0 Å². The summed E-state index contributed by atoms with van der Waals surface area (Å²) in [5.74, 6) is 0. The molecule has 0 bridgehead atoms. The third kappa shape index (κ3) is 3.30. The first kappa shape index (κ1) is 17.0. The van der Waals surface area contributed by atoms with Gasteiger partial charge in [0.2, 0.25) is 0 Å². The van der Waals surface area contributed by atoms with E-state index in [2.05, 4.69) is 21.0 Å². The SMILES string of the molecule is O=c1c2ccccc2c(Cc2ccc(Cl)cc2)nn1-c1ccc(Br)cc1. The fourth-order valence-electron chi connectivity index (χ4n) is 2.94. The highest BCUT2D eigenvalue weighted by Crippen LogP contribution is 2.20. The van der Waals surface area contributed by atoms with Crippen LogP contribution in [0.2, 0.25) is 5.02 Å². The van der Waals surface area contributed by atoms with E-state index in [0.29, 0.717) is 16.8 Å². The first-order chi connectivity index (χ1) is 12.6. The molecule has 0 aliphatic rings. The minimum Gasteiger partial charge on any atom is -0.267 e. The first-order valence-electron chi connectivity index (χ1n) is 8.13. The van der Waals surface area contributed by atoms with Crippen LogP contribution in [0.15, 0.2) is 82.1 Å². The van der Waals surface area contributed by atoms with Crippen molar-refractivity contribution >= 4 is 38.3 Å². The second kappa shape index (κ2) is 7.06. The van der Waals surface area contributed by atoms with Gasteiger partial charge < -0.3 is 0 Å². The normalized spacial score (nSPS) is 11.0. The second-order valence-electron chi connectivity index (χ2n) is 5.99. The molecular weight excluding hydrogens is 412 g/mol. The molecule has 0 N–H and O–H groups in total. The monoisotopic (exact) mass is 424 g/mol. The number of benzene rings is 3. The van der Waals surface area contributed by atoms with Crippen LogP contribution < -0.4 is 5.56 Å². The number of nitrogens with zero attached hydrogens (tertiary/aromatic N) is 2. The molecule has 5 heteroatoms. The molecular formula is C21H14BrClN2O. The van der Waals surface area contributed by atoms with Crippen molar-refractivity contribution in [2.24, 2.45) is 0 Å². The second-order valence-corrected chi connectivity index (χ2v) is 7.34. The van der Waals surface area contributed by atoms with Crippen LogP contribution in [0.25, 0.3) is 16.5 Å². The highest BCUT2D eigenvalue weighted by molar-refractivity contribution is 9.10. The van der Waals surface area contributed by atoms with Crippen molar-refractivity contribution in [2.75, 3.05) is 0 Å². The third-order valence-electron chi connectivity index (χ3n) is 4.24. The molecule has 0 saturated carbocycles. The number of aromatic nitrogens is 2. The maximum Gasteiger partial charge on any atom is 0.279 e. The van der Waals surface area contributed by atoms with Gasteiger partial charge in [-0.25, -0.2) is 0 Å². The fourth-order valence-corrected chi connectivity index (χ4v) is 3.33. The van der Waals surface area contributed by atoms with Crippen LogP contribution in [-0.4, -0.2) is 9.78 Å². The van der Waals surface area contributed by atoms with Gasteiger partial charge >= 0.3 is 0 Å². The molecule has 26 heavy (non-hydrogen) atoms. The summed E-state index contributed by atoms with van der Waals surface area (Å²) in [7, 11) is 0. The molecule has 3 nitrogen and oxygen atoms in total. The van der Waals surface area contributed by atoms with Crippen molar-refractivity contribution < 1.29 is 0 Å². The molecule has 0 spiro atoms. The molecule has 0 atom stereocenters. The summed E-state index contributed by atoms with van der Waals surface area (Å²) in [6.45, 7) is 0. The van der Waals surface area contributed by atoms with Gasteiger partial charge in [0.1, 0.15) is 0 Å². The van der Waals surface area contributed by atoms with Gasteiger partial charge in [0.05, 0.1) is 16.8 Å². The Morgan fingerprint density at radius 2 is 1.54 bits per heavy atom. The fraction of sp³-hybridized carbons (Fsp3) is 0.0476. The Hall–Kier alpha value is -2.43. The third-order valence-corrected chi connectivity index (χ3v) is 5.02. The van der Waals surface area contributed by atoms with E-state index in [-0.39, 0.29) is 5.56 Å². The minimum absolute atomic E-state index is 0.122. The van der Waals surface area contributed by atoms with Crippen LogP contribution in [0.5, 0.6) is 0 Å². The smallest absolute Gasteiger partial charge is 0.267 e. The lowest BCUT2D eigenvalue weighted by atomic mass is 10.0. The standard InChI is InChI=1S/C21H14BrClN2O/c22-15-7-11-17(12-8-15)25-21(26)19-4-2-1-3-18(19)20(24-25)13-14-5-9-16(23)10-6-14/h1-12H,13H2. The van der Waals surface area contributed by atoms with Crippen LogP contribution in [0.4, 0.5) is 0 Å². The van der Waals surface area contributed by atoms with Gasteiger partial charge in [0.25, 0.3) is 5.56 Å². The van der Waals surface area contributed by atoms with Crippen LogP contribution in [0.1, 0.15) is 11.3 Å². The zero-order valence-electron chi connectivity index (χ0n) is 13.7. The lowest BCUT2D eigenvalue weighted by Gasteiger charge is -2.11. The molecule has 0 saturated heterocycles. The maximum atomic E-state index is 12.9. The highest BCUT2D eigenvalue weighted by atomic mass is 79.9. The van der Waals surface area contributed by atoms with E-state index in [9.17, 15) is 4.79 Å². The van der Waals surface area contributed by atoms with Gasteiger partial charge in [-0.2, -0.15) is 9.78 Å². The molecule has 0 fully saturated rings. The van der Waals surface area contributed by atoms with Crippen molar-refractivity contribution in [1.82, 2.24) is 9.78 Å².